The summed E-state index contributed by atoms with van der Waals surface area (Å²) in [6.45, 7) is 0.874. The molecule has 4 nitrogen and oxygen atoms in total. The molecule has 4 heteroatoms. The lowest BCUT2D eigenvalue weighted by Gasteiger charge is -2.17. The van der Waals surface area contributed by atoms with Crippen molar-refractivity contribution in [2.24, 2.45) is 11.8 Å². The van der Waals surface area contributed by atoms with Gasteiger partial charge in [-0.05, 0) is 48.4 Å². The van der Waals surface area contributed by atoms with E-state index in [1.807, 2.05) is 24.3 Å². The summed E-state index contributed by atoms with van der Waals surface area (Å²) in [6.07, 6.45) is 6.64. The van der Waals surface area contributed by atoms with Crippen LogP contribution in [0.15, 0.2) is 30.3 Å². The van der Waals surface area contributed by atoms with Gasteiger partial charge in [0.15, 0.2) is 0 Å². The van der Waals surface area contributed by atoms with Crippen LogP contribution in [-0.4, -0.2) is 31.3 Å². The lowest BCUT2D eigenvalue weighted by molar-refractivity contribution is -0.116. The van der Waals surface area contributed by atoms with Crippen LogP contribution in [0.1, 0.15) is 24.8 Å². The van der Waals surface area contributed by atoms with E-state index in [2.05, 4.69) is 5.32 Å². The molecule has 1 amide bonds. The number of aliphatic hydroxyl groups is 1. The van der Waals surface area contributed by atoms with Gasteiger partial charge in [0.1, 0.15) is 5.75 Å². The zero-order valence-electron chi connectivity index (χ0n) is 12.4. The first-order valence-corrected chi connectivity index (χ1v) is 7.43. The van der Waals surface area contributed by atoms with Crippen molar-refractivity contribution in [1.82, 2.24) is 5.32 Å². The Morgan fingerprint density at radius 1 is 1.33 bits per heavy atom. The van der Waals surface area contributed by atoms with Gasteiger partial charge in [-0.15, -0.1) is 0 Å². The van der Waals surface area contributed by atoms with Crippen LogP contribution in [0.4, 0.5) is 0 Å². The number of hydrogen-bond donors (Lipinski definition) is 2. The molecule has 2 rings (SSSR count). The first kappa shape index (κ1) is 15.6. The molecule has 1 saturated carbocycles. The Hall–Kier alpha value is -1.81. The van der Waals surface area contributed by atoms with Crippen molar-refractivity contribution >= 4 is 12.0 Å². The van der Waals surface area contributed by atoms with E-state index in [1.165, 1.54) is 0 Å². The Kier molecular flexibility index (Phi) is 5.81. The Morgan fingerprint density at radius 3 is 2.71 bits per heavy atom. The molecule has 0 bridgehead atoms. The summed E-state index contributed by atoms with van der Waals surface area (Å²) in [6, 6.07) is 7.53. The molecule has 1 aliphatic carbocycles. The summed E-state index contributed by atoms with van der Waals surface area (Å²) in [7, 11) is 1.63. The van der Waals surface area contributed by atoms with Crippen LogP contribution in [0.3, 0.4) is 0 Å². The number of carbonyl (C=O) groups is 1. The number of benzene rings is 1. The van der Waals surface area contributed by atoms with Crippen molar-refractivity contribution in [2.45, 2.75) is 19.3 Å². The van der Waals surface area contributed by atoms with Crippen LogP contribution in [-0.2, 0) is 4.79 Å². The third-order valence-electron chi connectivity index (χ3n) is 4.13. The van der Waals surface area contributed by atoms with Crippen molar-refractivity contribution in [3.8, 4) is 5.75 Å². The van der Waals surface area contributed by atoms with Gasteiger partial charge in [-0.3, -0.25) is 4.79 Å². The molecule has 2 unspecified atom stereocenters. The van der Waals surface area contributed by atoms with Crippen LogP contribution in [0.5, 0.6) is 5.75 Å². The molecular formula is C17H23NO3. The minimum absolute atomic E-state index is 0.0885. The molecule has 0 spiro atoms. The maximum atomic E-state index is 11.8. The minimum atomic E-state index is -0.0885. The van der Waals surface area contributed by atoms with E-state index in [1.54, 1.807) is 19.3 Å². The number of hydrogen-bond acceptors (Lipinski definition) is 3. The number of amides is 1. The number of nitrogens with one attached hydrogen (secondary N) is 1. The average Bonchev–Trinajstić information content (AvgIpc) is 2.99. The first-order valence-electron chi connectivity index (χ1n) is 7.43. The van der Waals surface area contributed by atoms with Gasteiger partial charge in [-0.25, -0.2) is 0 Å². The normalized spacial score (nSPS) is 21.6. The zero-order chi connectivity index (χ0) is 15.1. The standard InChI is InChI=1S/C17H23NO3/c1-21-16-8-5-13(6-9-16)7-10-17(20)18-11-14-3-2-4-15(14)12-19/h5-10,14-15,19H,2-4,11-12H2,1H3,(H,18,20). The molecule has 2 N–H and O–H groups in total. The Morgan fingerprint density at radius 2 is 2.05 bits per heavy atom. The highest BCUT2D eigenvalue weighted by Gasteiger charge is 2.26. The zero-order valence-corrected chi connectivity index (χ0v) is 12.4. The second-order valence-corrected chi connectivity index (χ2v) is 5.49. The van der Waals surface area contributed by atoms with Gasteiger partial charge in [0, 0.05) is 19.2 Å². The Bertz CT molecular complexity index is 481. The summed E-state index contributed by atoms with van der Waals surface area (Å²) < 4.78 is 5.09. The van der Waals surface area contributed by atoms with Gasteiger partial charge in [0.2, 0.25) is 5.91 Å². The van der Waals surface area contributed by atoms with Crippen molar-refractivity contribution in [3.05, 3.63) is 35.9 Å². The van der Waals surface area contributed by atoms with Crippen LogP contribution in [0.2, 0.25) is 0 Å². The van der Waals surface area contributed by atoms with Crippen LogP contribution >= 0.6 is 0 Å². The maximum Gasteiger partial charge on any atom is 0.244 e. The van der Waals surface area contributed by atoms with E-state index < -0.39 is 0 Å². The van der Waals surface area contributed by atoms with E-state index in [-0.39, 0.29) is 12.5 Å². The lowest BCUT2D eigenvalue weighted by Crippen LogP contribution is -2.30. The molecule has 0 aromatic heterocycles. The van der Waals surface area contributed by atoms with Crippen LogP contribution < -0.4 is 10.1 Å². The highest BCUT2D eigenvalue weighted by atomic mass is 16.5. The molecular weight excluding hydrogens is 266 g/mol. The fraction of sp³-hybridized carbons (Fsp3) is 0.471. The molecule has 0 saturated heterocycles. The van der Waals surface area contributed by atoms with E-state index in [0.29, 0.717) is 18.4 Å². The average molecular weight is 289 g/mol. The Labute approximate surface area is 125 Å². The highest BCUT2D eigenvalue weighted by Crippen LogP contribution is 2.30. The molecule has 0 heterocycles. The van der Waals surface area contributed by atoms with Crippen LogP contribution in [0.25, 0.3) is 6.08 Å². The number of aliphatic hydroxyl groups excluding tert-OH is 1. The van der Waals surface area contributed by atoms with E-state index in [9.17, 15) is 9.90 Å². The number of rotatable bonds is 6. The van der Waals surface area contributed by atoms with Crippen molar-refractivity contribution < 1.29 is 14.6 Å². The summed E-state index contributed by atoms with van der Waals surface area (Å²) >= 11 is 0. The molecule has 114 valence electrons. The van der Waals surface area contributed by atoms with E-state index in [4.69, 9.17) is 4.74 Å². The predicted molar refractivity (Wildman–Crippen MR) is 83.0 cm³/mol. The van der Waals surface area contributed by atoms with Crippen molar-refractivity contribution in [1.29, 1.82) is 0 Å². The molecule has 0 aliphatic heterocycles. The van der Waals surface area contributed by atoms with Crippen molar-refractivity contribution in [2.75, 3.05) is 20.3 Å². The van der Waals surface area contributed by atoms with Gasteiger partial charge in [-0.2, -0.15) is 0 Å². The van der Waals surface area contributed by atoms with Gasteiger partial charge >= 0.3 is 0 Å². The summed E-state index contributed by atoms with van der Waals surface area (Å²) in [4.78, 5) is 11.8. The fourth-order valence-electron chi connectivity index (χ4n) is 2.80. The smallest absolute Gasteiger partial charge is 0.244 e. The molecule has 0 radical (unpaired) electrons. The summed E-state index contributed by atoms with van der Waals surface area (Å²) in [5, 5.41) is 12.2. The topological polar surface area (TPSA) is 58.6 Å². The second kappa shape index (κ2) is 7.84. The first-order chi connectivity index (χ1) is 10.2. The molecule has 1 aromatic rings. The Balaban J connectivity index is 1.79. The quantitative estimate of drug-likeness (QED) is 0.790. The van der Waals surface area contributed by atoms with Gasteiger partial charge < -0.3 is 15.2 Å². The molecule has 21 heavy (non-hydrogen) atoms. The monoisotopic (exact) mass is 289 g/mol. The third kappa shape index (κ3) is 4.60. The summed E-state index contributed by atoms with van der Waals surface area (Å²) in [5.41, 5.74) is 0.958. The van der Waals surface area contributed by atoms with Crippen LogP contribution in [0, 0.1) is 11.8 Å². The molecule has 2 atom stereocenters. The minimum Gasteiger partial charge on any atom is -0.497 e. The maximum absolute atomic E-state index is 11.8. The number of ether oxygens (including phenoxy) is 1. The van der Waals surface area contributed by atoms with Crippen molar-refractivity contribution in [3.63, 3.8) is 0 Å². The van der Waals surface area contributed by atoms with Gasteiger partial charge in [-0.1, -0.05) is 18.6 Å². The summed E-state index contributed by atoms with van der Waals surface area (Å²) in [5.74, 6) is 1.46. The van der Waals surface area contributed by atoms with Gasteiger partial charge in [0.05, 0.1) is 7.11 Å². The third-order valence-corrected chi connectivity index (χ3v) is 4.13. The highest BCUT2D eigenvalue weighted by molar-refractivity contribution is 5.91. The number of carbonyl (C=O) groups excluding carboxylic acids is 1. The fourth-order valence-corrected chi connectivity index (χ4v) is 2.80. The number of methoxy groups -OCH3 is 1. The lowest BCUT2D eigenvalue weighted by atomic mass is 9.97. The second-order valence-electron chi connectivity index (χ2n) is 5.49. The van der Waals surface area contributed by atoms with Gasteiger partial charge in [0.25, 0.3) is 0 Å². The molecule has 1 aromatic carbocycles. The van der Waals surface area contributed by atoms with E-state index >= 15 is 0 Å². The SMILES string of the molecule is COc1ccc(C=CC(=O)NCC2CCCC2CO)cc1. The predicted octanol–water partition coefficient (Wildman–Crippen LogP) is 2.23. The molecule has 1 aliphatic rings. The molecule has 1 fully saturated rings. The largest absolute Gasteiger partial charge is 0.497 e. The van der Waals surface area contributed by atoms with E-state index in [0.717, 1.165) is 30.6 Å².